The molecular formula is C61H117NO5. The molecule has 0 aliphatic heterocycles. The van der Waals surface area contributed by atoms with Crippen molar-refractivity contribution in [3.63, 3.8) is 0 Å². The molecule has 0 radical (unpaired) electrons. The van der Waals surface area contributed by atoms with Crippen LogP contribution >= 0.6 is 0 Å². The van der Waals surface area contributed by atoms with Gasteiger partial charge in [0.05, 0.1) is 25.4 Å². The van der Waals surface area contributed by atoms with E-state index in [-0.39, 0.29) is 18.5 Å². The van der Waals surface area contributed by atoms with Gasteiger partial charge in [0, 0.05) is 12.8 Å². The van der Waals surface area contributed by atoms with Crippen molar-refractivity contribution in [3.8, 4) is 0 Å². The summed E-state index contributed by atoms with van der Waals surface area (Å²) < 4.78 is 5.47. The number of allylic oxidation sites excluding steroid dienone is 4. The number of esters is 1. The normalized spacial score (nSPS) is 12.7. The van der Waals surface area contributed by atoms with E-state index in [2.05, 4.69) is 43.5 Å². The van der Waals surface area contributed by atoms with Gasteiger partial charge in [-0.1, -0.05) is 282 Å². The highest BCUT2D eigenvalue weighted by Crippen LogP contribution is 2.18. The molecule has 6 heteroatoms. The summed E-state index contributed by atoms with van der Waals surface area (Å²) in [7, 11) is 0. The Morgan fingerprint density at radius 2 is 0.746 bits per heavy atom. The summed E-state index contributed by atoms with van der Waals surface area (Å²) in [4.78, 5) is 24.5. The minimum absolute atomic E-state index is 0.00619. The maximum Gasteiger partial charge on any atom is 0.305 e. The van der Waals surface area contributed by atoms with E-state index >= 15 is 0 Å². The Morgan fingerprint density at radius 1 is 0.418 bits per heavy atom. The number of amides is 1. The standard InChI is InChI=1S/C61H117NO5/c1-3-5-7-9-11-13-15-17-19-22-26-29-33-37-41-45-49-53-59(64)58(57-63)62-60(65)54-50-46-42-38-34-30-27-23-20-21-24-28-32-36-40-44-48-52-56-67-61(66)55-51-47-43-39-35-31-25-18-16-14-12-10-8-6-4-2/h12,14,18,25,58-59,63-64H,3-11,13,15-17,19-24,26-57H2,1-2H3,(H,62,65)/b14-12-,25-18-. The Hall–Kier alpha value is -1.66. The second kappa shape index (κ2) is 56.9. The van der Waals surface area contributed by atoms with Gasteiger partial charge in [-0.3, -0.25) is 9.59 Å². The zero-order valence-electron chi connectivity index (χ0n) is 45.1. The van der Waals surface area contributed by atoms with Gasteiger partial charge >= 0.3 is 5.97 Å². The summed E-state index contributed by atoms with van der Waals surface area (Å²) in [5, 5.41) is 23.3. The van der Waals surface area contributed by atoms with Crippen LogP contribution in [0.25, 0.3) is 0 Å². The average Bonchev–Trinajstić information content (AvgIpc) is 3.33. The van der Waals surface area contributed by atoms with Crippen LogP contribution in [-0.4, -0.2) is 47.4 Å². The topological polar surface area (TPSA) is 95.9 Å². The van der Waals surface area contributed by atoms with Crippen LogP contribution in [0, 0.1) is 0 Å². The number of unbranched alkanes of at least 4 members (excludes halogenated alkanes) is 41. The van der Waals surface area contributed by atoms with Crippen molar-refractivity contribution >= 4 is 11.9 Å². The van der Waals surface area contributed by atoms with Crippen molar-refractivity contribution in [1.82, 2.24) is 5.32 Å². The summed E-state index contributed by atoms with van der Waals surface area (Å²) >= 11 is 0. The van der Waals surface area contributed by atoms with Crippen molar-refractivity contribution in [2.24, 2.45) is 0 Å². The number of rotatable bonds is 56. The minimum atomic E-state index is -0.667. The van der Waals surface area contributed by atoms with E-state index in [4.69, 9.17) is 4.74 Å². The molecule has 2 unspecified atom stereocenters. The second-order valence-electron chi connectivity index (χ2n) is 20.7. The molecule has 0 saturated heterocycles. The van der Waals surface area contributed by atoms with E-state index in [0.717, 1.165) is 51.4 Å². The van der Waals surface area contributed by atoms with Crippen LogP contribution in [-0.2, 0) is 14.3 Å². The summed E-state index contributed by atoms with van der Waals surface area (Å²) in [6.07, 6.45) is 68.8. The molecule has 0 spiro atoms. The largest absolute Gasteiger partial charge is 0.466 e. The number of aliphatic hydroxyl groups excluding tert-OH is 2. The van der Waals surface area contributed by atoms with E-state index < -0.39 is 12.1 Å². The van der Waals surface area contributed by atoms with Crippen molar-refractivity contribution < 1.29 is 24.5 Å². The van der Waals surface area contributed by atoms with Gasteiger partial charge in [0.1, 0.15) is 0 Å². The molecule has 396 valence electrons. The third-order valence-electron chi connectivity index (χ3n) is 14.0. The van der Waals surface area contributed by atoms with Gasteiger partial charge in [0.2, 0.25) is 5.91 Å². The number of hydrogen-bond donors (Lipinski definition) is 3. The monoisotopic (exact) mass is 944 g/mol. The van der Waals surface area contributed by atoms with E-state index in [1.54, 1.807) is 0 Å². The molecule has 3 N–H and O–H groups in total. The third-order valence-corrected chi connectivity index (χ3v) is 14.0. The lowest BCUT2D eigenvalue weighted by Crippen LogP contribution is -2.45. The number of hydrogen-bond acceptors (Lipinski definition) is 5. The number of aliphatic hydroxyl groups is 2. The number of carbonyl (C=O) groups excluding carboxylic acids is 2. The molecule has 0 aromatic rings. The molecule has 6 nitrogen and oxygen atoms in total. The van der Waals surface area contributed by atoms with Crippen molar-refractivity contribution in [3.05, 3.63) is 24.3 Å². The molecule has 2 atom stereocenters. The molecule has 0 bridgehead atoms. The van der Waals surface area contributed by atoms with E-state index in [1.807, 2.05) is 0 Å². The lowest BCUT2D eigenvalue weighted by Gasteiger charge is -2.22. The average molecular weight is 945 g/mol. The molecule has 0 saturated carbocycles. The molecule has 0 aromatic heterocycles. The Balaban J connectivity index is 3.41. The fourth-order valence-electron chi connectivity index (χ4n) is 9.38. The predicted molar refractivity (Wildman–Crippen MR) is 292 cm³/mol. The smallest absolute Gasteiger partial charge is 0.305 e. The minimum Gasteiger partial charge on any atom is -0.466 e. The highest BCUT2D eigenvalue weighted by Gasteiger charge is 2.20. The quantitative estimate of drug-likeness (QED) is 0.0321. The SMILES string of the molecule is CCCCC/C=C\C/C=C\CCCCCCCC(=O)OCCCCCCCCCCCCCCCCCCCCC(=O)NC(CO)C(O)CCCCCCCCCCCCCCCCCCC. The summed E-state index contributed by atoms with van der Waals surface area (Å²) in [6.45, 7) is 4.93. The van der Waals surface area contributed by atoms with Crippen molar-refractivity contribution in [2.45, 2.75) is 341 Å². The molecule has 0 rings (SSSR count). The molecule has 0 fully saturated rings. The maximum atomic E-state index is 12.5. The summed E-state index contributed by atoms with van der Waals surface area (Å²) in [5.41, 5.74) is 0. The first-order valence-corrected chi connectivity index (χ1v) is 30.1. The van der Waals surface area contributed by atoms with Gasteiger partial charge < -0.3 is 20.3 Å². The second-order valence-corrected chi connectivity index (χ2v) is 20.7. The molecule has 0 aromatic carbocycles. The van der Waals surface area contributed by atoms with Gasteiger partial charge in [-0.05, 0) is 57.8 Å². The van der Waals surface area contributed by atoms with Gasteiger partial charge in [-0.15, -0.1) is 0 Å². The zero-order valence-corrected chi connectivity index (χ0v) is 45.1. The van der Waals surface area contributed by atoms with Crippen LogP contribution in [0.4, 0.5) is 0 Å². The van der Waals surface area contributed by atoms with Gasteiger partial charge in [0.15, 0.2) is 0 Å². The first-order valence-electron chi connectivity index (χ1n) is 30.1. The van der Waals surface area contributed by atoms with Crippen molar-refractivity contribution in [1.29, 1.82) is 0 Å². The highest BCUT2D eigenvalue weighted by atomic mass is 16.5. The van der Waals surface area contributed by atoms with E-state index in [0.29, 0.717) is 25.9 Å². The fourth-order valence-corrected chi connectivity index (χ4v) is 9.38. The maximum absolute atomic E-state index is 12.5. The highest BCUT2D eigenvalue weighted by molar-refractivity contribution is 5.76. The Morgan fingerprint density at radius 3 is 1.16 bits per heavy atom. The van der Waals surface area contributed by atoms with Crippen LogP contribution in [0.15, 0.2) is 24.3 Å². The van der Waals surface area contributed by atoms with Crippen LogP contribution in [0.2, 0.25) is 0 Å². The third kappa shape index (κ3) is 53.5. The van der Waals surface area contributed by atoms with E-state index in [9.17, 15) is 19.8 Å². The van der Waals surface area contributed by atoms with Crippen LogP contribution < -0.4 is 5.32 Å². The van der Waals surface area contributed by atoms with Gasteiger partial charge in [-0.25, -0.2) is 0 Å². The van der Waals surface area contributed by atoms with Crippen molar-refractivity contribution in [2.75, 3.05) is 13.2 Å². The fraction of sp³-hybridized carbons (Fsp3) is 0.902. The molecular weight excluding hydrogens is 827 g/mol. The number of carbonyl (C=O) groups is 2. The Kier molecular flexibility index (Phi) is 55.5. The zero-order chi connectivity index (χ0) is 48.6. The van der Waals surface area contributed by atoms with Crippen LogP contribution in [0.5, 0.6) is 0 Å². The Labute approximate surface area is 418 Å². The predicted octanol–water partition coefficient (Wildman–Crippen LogP) is 18.6. The first-order chi connectivity index (χ1) is 33.0. The molecule has 0 aliphatic carbocycles. The summed E-state index contributed by atoms with van der Waals surface area (Å²) in [6, 6.07) is -0.545. The number of nitrogens with one attached hydrogen (secondary N) is 1. The lowest BCUT2D eigenvalue weighted by atomic mass is 10.0. The Bertz CT molecular complexity index is 1040. The first kappa shape index (κ1) is 65.3. The van der Waals surface area contributed by atoms with Crippen LogP contribution in [0.1, 0.15) is 328 Å². The van der Waals surface area contributed by atoms with Crippen LogP contribution in [0.3, 0.4) is 0 Å². The van der Waals surface area contributed by atoms with Gasteiger partial charge in [0.25, 0.3) is 0 Å². The molecule has 1 amide bonds. The molecule has 0 heterocycles. The van der Waals surface area contributed by atoms with Gasteiger partial charge in [-0.2, -0.15) is 0 Å². The molecule has 67 heavy (non-hydrogen) atoms. The number of ether oxygens (including phenoxy) is 1. The summed E-state index contributed by atoms with van der Waals surface area (Å²) in [5.74, 6) is -0.0432. The lowest BCUT2D eigenvalue weighted by molar-refractivity contribution is -0.143. The van der Waals surface area contributed by atoms with E-state index in [1.165, 1.54) is 244 Å². The molecule has 0 aliphatic rings.